The number of piperidine rings is 1. The Morgan fingerprint density at radius 1 is 1.27 bits per heavy atom. The molecule has 0 spiro atoms. The van der Waals surface area contributed by atoms with Crippen molar-refractivity contribution in [2.45, 2.75) is 44.7 Å². The van der Waals surface area contributed by atoms with Gasteiger partial charge in [-0.1, -0.05) is 6.07 Å². The van der Waals surface area contributed by atoms with Crippen molar-refractivity contribution in [1.82, 2.24) is 19.7 Å². The van der Waals surface area contributed by atoms with E-state index in [-0.39, 0.29) is 11.9 Å². The van der Waals surface area contributed by atoms with Crippen LogP contribution in [0, 0.1) is 0 Å². The van der Waals surface area contributed by atoms with Crippen LogP contribution in [0.3, 0.4) is 0 Å². The predicted octanol–water partition coefficient (Wildman–Crippen LogP) is 2.81. The molecule has 0 bridgehead atoms. The van der Waals surface area contributed by atoms with Gasteiger partial charge in [0.25, 0.3) is 0 Å². The summed E-state index contributed by atoms with van der Waals surface area (Å²) in [6.07, 6.45) is 12.1. The predicted molar refractivity (Wildman–Crippen MR) is 84.0 cm³/mol. The first-order valence-corrected chi connectivity index (χ1v) is 8.01. The molecule has 0 aliphatic carbocycles. The average Bonchev–Trinajstić information content (AvgIpc) is 3.09. The van der Waals surface area contributed by atoms with Crippen molar-refractivity contribution >= 4 is 5.91 Å². The van der Waals surface area contributed by atoms with Crippen LogP contribution >= 0.6 is 0 Å². The number of carbonyl (C=O) groups is 1. The molecule has 1 fully saturated rings. The number of carbonyl (C=O) groups excluding carboxylic acids is 1. The Kier molecular flexibility index (Phi) is 4.83. The lowest BCUT2D eigenvalue weighted by atomic mass is 9.96. The maximum absolute atomic E-state index is 12.6. The Morgan fingerprint density at radius 2 is 2.23 bits per heavy atom. The molecule has 3 rings (SSSR count). The van der Waals surface area contributed by atoms with Gasteiger partial charge in [-0.2, -0.15) is 5.10 Å². The molecule has 5 heteroatoms. The van der Waals surface area contributed by atoms with Gasteiger partial charge in [0.15, 0.2) is 0 Å². The molecule has 1 aliphatic rings. The second-order valence-electron chi connectivity index (χ2n) is 5.76. The van der Waals surface area contributed by atoms with Gasteiger partial charge in [-0.15, -0.1) is 0 Å². The molecule has 0 aromatic carbocycles. The average molecular weight is 298 g/mol. The Morgan fingerprint density at radius 3 is 3.00 bits per heavy atom. The van der Waals surface area contributed by atoms with Crippen LogP contribution < -0.4 is 0 Å². The summed E-state index contributed by atoms with van der Waals surface area (Å²) in [7, 11) is 0. The molecule has 0 saturated carbocycles. The van der Waals surface area contributed by atoms with Crippen LogP contribution in [0.15, 0.2) is 43.0 Å². The van der Waals surface area contributed by atoms with Crippen molar-refractivity contribution in [3.05, 3.63) is 48.5 Å². The number of hydrogen-bond donors (Lipinski definition) is 0. The topological polar surface area (TPSA) is 51.0 Å². The lowest BCUT2D eigenvalue weighted by Gasteiger charge is -2.36. The summed E-state index contributed by atoms with van der Waals surface area (Å²) in [4.78, 5) is 18.8. The van der Waals surface area contributed by atoms with Crippen molar-refractivity contribution in [2.24, 2.45) is 0 Å². The highest BCUT2D eigenvalue weighted by Crippen LogP contribution is 2.31. The molecular weight excluding hydrogens is 276 g/mol. The zero-order valence-electron chi connectivity index (χ0n) is 12.8. The van der Waals surface area contributed by atoms with Gasteiger partial charge in [0.1, 0.15) is 0 Å². The minimum atomic E-state index is 0.194. The molecule has 22 heavy (non-hydrogen) atoms. The summed E-state index contributed by atoms with van der Waals surface area (Å²) in [5.41, 5.74) is 1.16. The Hall–Kier alpha value is -2.17. The van der Waals surface area contributed by atoms with E-state index in [0.29, 0.717) is 6.42 Å². The maximum Gasteiger partial charge on any atom is 0.223 e. The smallest absolute Gasteiger partial charge is 0.223 e. The van der Waals surface area contributed by atoms with E-state index in [1.54, 1.807) is 12.4 Å². The monoisotopic (exact) mass is 298 g/mol. The van der Waals surface area contributed by atoms with Crippen molar-refractivity contribution < 1.29 is 4.79 Å². The Bertz CT molecular complexity index is 582. The molecule has 2 aromatic rings. The fraction of sp³-hybridized carbons (Fsp3) is 0.471. The maximum atomic E-state index is 12.6. The van der Waals surface area contributed by atoms with E-state index in [1.165, 1.54) is 6.42 Å². The summed E-state index contributed by atoms with van der Waals surface area (Å²) in [5.74, 6) is 0.251. The molecule has 1 amide bonds. The zero-order valence-corrected chi connectivity index (χ0v) is 12.8. The highest BCUT2D eigenvalue weighted by atomic mass is 16.2. The van der Waals surface area contributed by atoms with Crippen LogP contribution in [-0.2, 0) is 11.3 Å². The summed E-state index contributed by atoms with van der Waals surface area (Å²) >= 11 is 0. The lowest BCUT2D eigenvalue weighted by Crippen LogP contribution is -2.38. The van der Waals surface area contributed by atoms with Gasteiger partial charge in [-0.25, -0.2) is 0 Å². The van der Waals surface area contributed by atoms with Gasteiger partial charge < -0.3 is 4.90 Å². The van der Waals surface area contributed by atoms with E-state index in [2.05, 4.69) is 16.1 Å². The number of likely N-dealkylation sites (tertiary alicyclic amines) is 1. The van der Waals surface area contributed by atoms with Gasteiger partial charge in [-0.05, 0) is 43.4 Å². The summed E-state index contributed by atoms with van der Waals surface area (Å²) in [5, 5.41) is 4.17. The second-order valence-corrected chi connectivity index (χ2v) is 5.76. The van der Waals surface area contributed by atoms with Crippen molar-refractivity contribution in [2.75, 3.05) is 6.54 Å². The molecular formula is C17H22N4O. The number of aryl methyl sites for hydroxylation is 1. The van der Waals surface area contributed by atoms with Crippen LogP contribution in [0.4, 0.5) is 0 Å². The van der Waals surface area contributed by atoms with Crippen molar-refractivity contribution in [3.63, 3.8) is 0 Å². The van der Waals surface area contributed by atoms with Crippen LogP contribution in [0.1, 0.15) is 43.7 Å². The fourth-order valence-corrected chi connectivity index (χ4v) is 3.12. The number of hydrogen-bond acceptors (Lipinski definition) is 3. The number of rotatable bonds is 5. The van der Waals surface area contributed by atoms with E-state index in [1.807, 2.05) is 34.1 Å². The zero-order chi connectivity index (χ0) is 15.2. The SMILES string of the molecule is O=C(CCCn1cccn1)N1CCCCC1c1cccnc1. The van der Waals surface area contributed by atoms with Gasteiger partial charge in [0.05, 0.1) is 6.04 Å². The molecule has 5 nitrogen and oxygen atoms in total. The third kappa shape index (κ3) is 3.53. The van der Waals surface area contributed by atoms with Crippen LogP contribution in [0.2, 0.25) is 0 Å². The molecule has 3 heterocycles. The molecule has 1 unspecified atom stereocenters. The molecule has 1 saturated heterocycles. The van der Waals surface area contributed by atoms with Gasteiger partial charge in [0, 0.05) is 44.3 Å². The van der Waals surface area contributed by atoms with E-state index in [9.17, 15) is 4.79 Å². The molecule has 1 aliphatic heterocycles. The van der Waals surface area contributed by atoms with E-state index >= 15 is 0 Å². The third-order valence-corrected chi connectivity index (χ3v) is 4.23. The quantitative estimate of drug-likeness (QED) is 0.853. The van der Waals surface area contributed by atoms with E-state index in [0.717, 1.165) is 37.9 Å². The highest BCUT2D eigenvalue weighted by molar-refractivity contribution is 5.76. The second kappa shape index (κ2) is 7.20. The van der Waals surface area contributed by atoms with Gasteiger partial charge in [-0.3, -0.25) is 14.5 Å². The van der Waals surface area contributed by atoms with Gasteiger partial charge in [0.2, 0.25) is 5.91 Å². The first kappa shape index (κ1) is 14.8. The van der Waals surface area contributed by atoms with Crippen molar-refractivity contribution in [3.8, 4) is 0 Å². The van der Waals surface area contributed by atoms with E-state index in [4.69, 9.17) is 0 Å². The minimum Gasteiger partial charge on any atom is -0.336 e. The van der Waals surface area contributed by atoms with Gasteiger partial charge >= 0.3 is 0 Å². The largest absolute Gasteiger partial charge is 0.336 e. The minimum absolute atomic E-state index is 0.194. The third-order valence-electron chi connectivity index (χ3n) is 4.23. The Labute approximate surface area is 131 Å². The molecule has 2 aromatic heterocycles. The molecule has 1 atom stereocenters. The highest BCUT2D eigenvalue weighted by Gasteiger charge is 2.27. The van der Waals surface area contributed by atoms with Crippen molar-refractivity contribution in [1.29, 1.82) is 0 Å². The lowest BCUT2D eigenvalue weighted by molar-refractivity contribution is -0.135. The number of nitrogens with zero attached hydrogens (tertiary/aromatic N) is 4. The first-order valence-electron chi connectivity index (χ1n) is 8.01. The number of pyridine rings is 1. The summed E-state index contributed by atoms with van der Waals surface area (Å²) in [6.45, 7) is 1.66. The van der Waals surface area contributed by atoms with E-state index < -0.39 is 0 Å². The van der Waals surface area contributed by atoms with Crippen LogP contribution in [0.25, 0.3) is 0 Å². The molecule has 0 N–H and O–H groups in total. The first-order chi connectivity index (χ1) is 10.8. The number of amides is 1. The number of aromatic nitrogens is 3. The Balaban J connectivity index is 1.59. The summed E-state index contributed by atoms with van der Waals surface area (Å²) in [6, 6.07) is 6.13. The van der Waals surface area contributed by atoms with Crippen LogP contribution in [-0.4, -0.2) is 32.1 Å². The summed E-state index contributed by atoms with van der Waals surface area (Å²) < 4.78 is 1.88. The normalized spacial score (nSPS) is 18.4. The standard InChI is InChI=1S/C17H22N4O/c22-17(8-4-11-20-12-5-10-19-20)21-13-2-1-7-16(21)15-6-3-9-18-14-15/h3,5-6,9-10,12,14,16H,1-2,4,7-8,11,13H2. The molecule has 0 radical (unpaired) electrons. The fourth-order valence-electron chi connectivity index (χ4n) is 3.12. The molecule has 116 valence electrons. The van der Waals surface area contributed by atoms with Crippen LogP contribution in [0.5, 0.6) is 0 Å².